The number of nitrogens with zero attached hydrogens (tertiary/aromatic N) is 1. The lowest BCUT2D eigenvalue weighted by atomic mass is 10.0. The van der Waals surface area contributed by atoms with Crippen LogP contribution in [0.5, 0.6) is 0 Å². The van der Waals surface area contributed by atoms with Crippen molar-refractivity contribution in [2.24, 2.45) is 0 Å². The number of carbonyl (C=O) groups is 1. The number of aliphatic hydroxyl groups is 1. The lowest BCUT2D eigenvalue weighted by Crippen LogP contribution is -2.45. The van der Waals surface area contributed by atoms with Gasteiger partial charge in [-0.3, -0.25) is 9.36 Å². The molecular formula is C49H89N2O6P. The number of quaternary nitrogens is 1. The highest BCUT2D eigenvalue weighted by molar-refractivity contribution is 7.45. The summed E-state index contributed by atoms with van der Waals surface area (Å²) in [6.07, 6.45) is 53.8. The average Bonchev–Trinajstić information content (AvgIpc) is 3.17. The minimum atomic E-state index is -4.61. The van der Waals surface area contributed by atoms with Crippen LogP contribution in [0.4, 0.5) is 0 Å². The van der Waals surface area contributed by atoms with E-state index in [2.05, 4.69) is 79.9 Å². The standard InChI is InChI=1S/C49H89N2O6P/c1-6-8-10-12-14-16-18-20-22-24-25-27-28-30-32-34-36-38-40-42-48(52)47(46-57-58(54,55)56-45-44-51(3,4)5)50-49(53)43-41-39-37-35-33-31-29-26-23-21-19-17-15-13-11-9-7-2/h9,11,15,17,21,23,29,31-32,34,40,42,47-48,52H,6-8,10,12-14,16,18-20,22,24-28,30,33,35-39,41,43-46H2,1-5H3,(H-,50,53,54,55)/b11-9-,17-15-,23-21-,31-29-,34-32+,42-40+. The monoisotopic (exact) mass is 833 g/mol. The molecule has 2 N–H and O–H groups in total. The first kappa shape index (κ1) is 55.9. The second-order valence-corrected chi connectivity index (χ2v) is 18.1. The van der Waals surface area contributed by atoms with Gasteiger partial charge in [0.15, 0.2) is 0 Å². The van der Waals surface area contributed by atoms with Crippen molar-refractivity contribution in [3.05, 3.63) is 72.9 Å². The van der Waals surface area contributed by atoms with Crippen molar-refractivity contribution in [3.63, 3.8) is 0 Å². The molecule has 0 saturated heterocycles. The van der Waals surface area contributed by atoms with E-state index in [0.717, 1.165) is 77.0 Å². The van der Waals surface area contributed by atoms with E-state index >= 15 is 0 Å². The van der Waals surface area contributed by atoms with Crippen LogP contribution < -0.4 is 10.2 Å². The van der Waals surface area contributed by atoms with E-state index in [1.54, 1.807) is 6.08 Å². The molecule has 3 atom stereocenters. The van der Waals surface area contributed by atoms with Crippen LogP contribution in [0.25, 0.3) is 0 Å². The zero-order valence-electron chi connectivity index (χ0n) is 38.0. The van der Waals surface area contributed by atoms with Crippen LogP contribution in [0, 0.1) is 0 Å². The van der Waals surface area contributed by atoms with Gasteiger partial charge in [-0.2, -0.15) is 0 Å². The number of phosphoric acid groups is 1. The summed E-state index contributed by atoms with van der Waals surface area (Å²) in [7, 11) is 1.21. The summed E-state index contributed by atoms with van der Waals surface area (Å²) in [5, 5.41) is 13.8. The predicted molar refractivity (Wildman–Crippen MR) is 247 cm³/mol. The maximum atomic E-state index is 12.9. The molecule has 0 aliphatic rings. The van der Waals surface area contributed by atoms with E-state index in [0.29, 0.717) is 17.4 Å². The number of likely N-dealkylation sites (N-methyl/N-ethyl adjacent to an activating group) is 1. The van der Waals surface area contributed by atoms with Gasteiger partial charge in [0, 0.05) is 6.42 Å². The second kappa shape index (κ2) is 40.4. The number of phosphoric ester groups is 1. The number of nitrogens with one attached hydrogen (secondary N) is 1. The number of unbranched alkanes of at least 4 members (excludes halogenated alkanes) is 18. The molecular weight excluding hydrogens is 744 g/mol. The van der Waals surface area contributed by atoms with E-state index < -0.39 is 26.6 Å². The summed E-state index contributed by atoms with van der Waals surface area (Å²) in [5.74, 6) is -0.234. The first-order valence-corrected chi connectivity index (χ1v) is 24.8. The average molecular weight is 833 g/mol. The zero-order valence-corrected chi connectivity index (χ0v) is 38.9. The molecule has 0 fully saturated rings. The van der Waals surface area contributed by atoms with Gasteiger partial charge >= 0.3 is 0 Å². The fourth-order valence-electron chi connectivity index (χ4n) is 6.22. The van der Waals surface area contributed by atoms with Crippen LogP contribution in [-0.2, 0) is 18.4 Å². The topological polar surface area (TPSA) is 108 Å². The van der Waals surface area contributed by atoms with Gasteiger partial charge in [-0.15, -0.1) is 0 Å². The van der Waals surface area contributed by atoms with Crippen molar-refractivity contribution in [2.45, 2.75) is 193 Å². The fraction of sp³-hybridized carbons (Fsp3) is 0.735. The van der Waals surface area contributed by atoms with Gasteiger partial charge in [0.2, 0.25) is 5.91 Å². The van der Waals surface area contributed by atoms with Crippen molar-refractivity contribution in [2.75, 3.05) is 40.9 Å². The van der Waals surface area contributed by atoms with Gasteiger partial charge in [-0.1, -0.05) is 177 Å². The highest BCUT2D eigenvalue weighted by Gasteiger charge is 2.23. The number of amides is 1. The van der Waals surface area contributed by atoms with Crippen LogP contribution >= 0.6 is 7.82 Å². The number of allylic oxidation sites excluding steroid dienone is 11. The molecule has 0 bridgehead atoms. The molecule has 0 aliphatic carbocycles. The Labute approximate surface area is 357 Å². The van der Waals surface area contributed by atoms with Crippen LogP contribution in [-0.4, -0.2) is 68.5 Å². The summed E-state index contributed by atoms with van der Waals surface area (Å²) in [6.45, 7) is 4.48. The largest absolute Gasteiger partial charge is 0.756 e. The Balaban J connectivity index is 4.50. The highest BCUT2D eigenvalue weighted by Crippen LogP contribution is 2.38. The molecule has 0 aromatic carbocycles. The van der Waals surface area contributed by atoms with Gasteiger partial charge < -0.3 is 28.8 Å². The summed E-state index contributed by atoms with van der Waals surface area (Å²) in [6, 6.07) is -0.919. The normalized spacial score (nSPS) is 14.9. The molecule has 58 heavy (non-hydrogen) atoms. The van der Waals surface area contributed by atoms with Gasteiger partial charge in [-0.05, 0) is 70.6 Å². The van der Waals surface area contributed by atoms with Gasteiger partial charge in [-0.25, -0.2) is 0 Å². The first-order chi connectivity index (χ1) is 28.0. The van der Waals surface area contributed by atoms with Crippen molar-refractivity contribution < 1.29 is 32.9 Å². The molecule has 0 saturated carbocycles. The Kier molecular flexibility index (Phi) is 38.9. The lowest BCUT2D eigenvalue weighted by Gasteiger charge is -2.29. The quantitative estimate of drug-likeness (QED) is 0.0275. The van der Waals surface area contributed by atoms with E-state index in [1.807, 2.05) is 27.2 Å². The molecule has 0 heterocycles. The third kappa shape index (κ3) is 42.1. The van der Waals surface area contributed by atoms with Crippen molar-refractivity contribution in [3.8, 4) is 0 Å². The van der Waals surface area contributed by atoms with Crippen molar-refractivity contribution in [1.82, 2.24) is 5.32 Å². The molecule has 0 aromatic heterocycles. The van der Waals surface area contributed by atoms with Crippen LogP contribution in [0.1, 0.15) is 181 Å². The van der Waals surface area contributed by atoms with E-state index in [9.17, 15) is 19.4 Å². The number of hydrogen-bond donors (Lipinski definition) is 2. The minimum Gasteiger partial charge on any atom is -0.756 e. The van der Waals surface area contributed by atoms with Gasteiger partial charge in [0.1, 0.15) is 13.2 Å². The maximum Gasteiger partial charge on any atom is 0.268 e. The Bertz CT molecular complexity index is 1170. The predicted octanol–water partition coefficient (Wildman–Crippen LogP) is 12.6. The van der Waals surface area contributed by atoms with Crippen molar-refractivity contribution in [1.29, 1.82) is 0 Å². The Morgan fingerprint density at radius 1 is 0.621 bits per heavy atom. The zero-order chi connectivity index (χ0) is 42.8. The lowest BCUT2D eigenvalue weighted by molar-refractivity contribution is -0.870. The molecule has 0 rings (SSSR count). The second-order valence-electron chi connectivity index (χ2n) is 16.7. The van der Waals surface area contributed by atoms with Crippen LogP contribution in [0.15, 0.2) is 72.9 Å². The summed E-state index contributed by atoms with van der Waals surface area (Å²) >= 11 is 0. The Morgan fingerprint density at radius 3 is 1.60 bits per heavy atom. The molecule has 336 valence electrons. The molecule has 9 heteroatoms. The third-order valence-corrected chi connectivity index (χ3v) is 10.9. The number of carbonyl (C=O) groups excluding carboxylic acids is 1. The van der Waals surface area contributed by atoms with Crippen LogP contribution in [0.3, 0.4) is 0 Å². The Morgan fingerprint density at radius 2 is 1.07 bits per heavy atom. The van der Waals surface area contributed by atoms with Gasteiger partial charge in [0.05, 0.1) is 39.9 Å². The molecule has 0 spiro atoms. The maximum absolute atomic E-state index is 12.9. The van der Waals surface area contributed by atoms with Crippen LogP contribution in [0.2, 0.25) is 0 Å². The highest BCUT2D eigenvalue weighted by atomic mass is 31.2. The molecule has 0 aliphatic heterocycles. The van der Waals surface area contributed by atoms with E-state index in [-0.39, 0.29) is 12.5 Å². The third-order valence-electron chi connectivity index (χ3n) is 9.90. The first-order valence-electron chi connectivity index (χ1n) is 23.3. The van der Waals surface area contributed by atoms with E-state index in [1.165, 1.54) is 83.5 Å². The minimum absolute atomic E-state index is 0.0150. The Hall–Kier alpha value is -2.06. The summed E-state index contributed by atoms with van der Waals surface area (Å²) in [4.78, 5) is 25.3. The van der Waals surface area contributed by atoms with Gasteiger partial charge in [0.25, 0.3) is 7.82 Å². The number of aliphatic hydroxyl groups excluding tert-OH is 1. The fourth-order valence-corrected chi connectivity index (χ4v) is 6.94. The molecule has 0 radical (unpaired) electrons. The number of hydrogen-bond acceptors (Lipinski definition) is 6. The van der Waals surface area contributed by atoms with Crippen molar-refractivity contribution >= 4 is 13.7 Å². The molecule has 1 amide bonds. The smallest absolute Gasteiger partial charge is 0.268 e. The summed E-state index contributed by atoms with van der Waals surface area (Å²) in [5.41, 5.74) is 0. The summed E-state index contributed by atoms with van der Waals surface area (Å²) < 4.78 is 23.2. The molecule has 8 nitrogen and oxygen atoms in total. The number of rotatable bonds is 41. The van der Waals surface area contributed by atoms with E-state index in [4.69, 9.17) is 9.05 Å². The molecule has 0 aromatic rings. The SMILES string of the molecule is CC/C=C\C/C=C\C/C=C\C/C=C\CCCCCCC(=O)NC(COP(=O)([O-])OCC[N+](C)(C)C)C(O)/C=C/CC/C=C/CCCCCCCCCCCCCCC. The molecule has 3 unspecified atom stereocenters.